The zero-order valence-corrected chi connectivity index (χ0v) is 8.38. The van der Waals surface area contributed by atoms with Gasteiger partial charge in [-0.25, -0.2) is 4.79 Å². The molecule has 0 atom stereocenters. The van der Waals surface area contributed by atoms with Gasteiger partial charge in [-0.15, -0.1) is 0 Å². The summed E-state index contributed by atoms with van der Waals surface area (Å²) in [6.45, 7) is 1.79. The van der Waals surface area contributed by atoms with Gasteiger partial charge in [-0.2, -0.15) is 9.36 Å². The van der Waals surface area contributed by atoms with E-state index in [0.717, 1.165) is 14.9 Å². The van der Waals surface area contributed by atoms with Gasteiger partial charge in [0.2, 0.25) is 0 Å². The van der Waals surface area contributed by atoms with E-state index in [2.05, 4.69) is 10.4 Å². The molecule has 1 N–H and O–H groups in total. The maximum Gasteiger partial charge on any atom is 0.368 e. The van der Waals surface area contributed by atoms with E-state index in [1.54, 1.807) is 19.1 Å². The molecule has 0 spiro atoms. The van der Waals surface area contributed by atoms with Crippen LogP contribution in [0.5, 0.6) is 5.75 Å². The van der Waals surface area contributed by atoms with Crippen molar-refractivity contribution in [1.29, 1.82) is 0 Å². The zero-order valence-electron chi connectivity index (χ0n) is 8.38. The fraction of sp³-hybridized carbons (Fsp3) is 0.222. The van der Waals surface area contributed by atoms with Gasteiger partial charge in [0.15, 0.2) is 0 Å². The Morgan fingerprint density at radius 2 is 2.07 bits per heavy atom. The molecule has 15 heavy (non-hydrogen) atoms. The lowest BCUT2D eigenvalue weighted by Crippen LogP contribution is -2.22. The number of aromatic nitrogens is 4. The molecule has 0 fully saturated rings. The summed E-state index contributed by atoms with van der Waals surface area (Å²) in [5, 5.41) is 16.9. The maximum absolute atomic E-state index is 11.6. The highest BCUT2D eigenvalue weighted by molar-refractivity contribution is 5.50. The normalized spacial score (nSPS) is 10.5. The molecule has 0 saturated carbocycles. The number of para-hydroxylation sites is 1. The van der Waals surface area contributed by atoms with Crippen LogP contribution in [0.1, 0.15) is 5.56 Å². The molecule has 1 aromatic carbocycles. The second kappa shape index (κ2) is 3.23. The van der Waals surface area contributed by atoms with E-state index in [1.165, 1.54) is 13.1 Å². The van der Waals surface area contributed by atoms with Crippen LogP contribution in [0, 0.1) is 6.92 Å². The first-order valence-corrected chi connectivity index (χ1v) is 4.39. The zero-order chi connectivity index (χ0) is 11.0. The topological polar surface area (TPSA) is 72.9 Å². The van der Waals surface area contributed by atoms with Crippen LogP contribution in [0.3, 0.4) is 0 Å². The molecule has 1 heterocycles. The summed E-state index contributed by atoms with van der Waals surface area (Å²) in [6, 6.07) is 5.00. The lowest BCUT2D eigenvalue weighted by molar-refractivity contribution is 0.468. The predicted octanol–water partition coefficient (Wildman–Crippen LogP) is -0.0200. The van der Waals surface area contributed by atoms with E-state index in [9.17, 15) is 9.90 Å². The van der Waals surface area contributed by atoms with Crippen LogP contribution in [0.15, 0.2) is 23.0 Å². The molecule has 0 aliphatic rings. The van der Waals surface area contributed by atoms with E-state index >= 15 is 0 Å². The monoisotopic (exact) mass is 206 g/mol. The van der Waals surface area contributed by atoms with Crippen molar-refractivity contribution in [2.45, 2.75) is 6.92 Å². The summed E-state index contributed by atoms with van der Waals surface area (Å²) in [6.07, 6.45) is 0. The minimum atomic E-state index is -0.389. The largest absolute Gasteiger partial charge is 0.506 e. The second-order valence-corrected chi connectivity index (χ2v) is 3.24. The molecule has 6 heteroatoms. The number of aromatic hydroxyl groups is 1. The molecule has 6 nitrogen and oxygen atoms in total. The van der Waals surface area contributed by atoms with Crippen molar-refractivity contribution in [2.75, 3.05) is 0 Å². The molecular weight excluding hydrogens is 196 g/mol. The van der Waals surface area contributed by atoms with E-state index < -0.39 is 0 Å². The fourth-order valence-corrected chi connectivity index (χ4v) is 1.37. The van der Waals surface area contributed by atoms with Gasteiger partial charge in [0.1, 0.15) is 11.4 Å². The first-order chi connectivity index (χ1) is 7.11. The lowest BCUT2D eigenvalue weighted by atomic mass is 10.2. The van der Waals surface area contributed by atoms with Crippen LogP contribution in [-0.2, 0) is 7.05 Å². The van der Waals surface area contributed by atoms with Crippen LogP contribution in [0.25, 0.3) is 5.69 Å². The number of phenolic OH excluding ortho intramolecular Hbond substituents is 1. The van der Waals surface area contributed by atoms with Crippen molar-refractivity contribution >= 4 is 0 Å². The highest BCUT2D eigenvalue weighted by Gasteiger charge is 2.12. The molecule has 0 unspecified atom stereocenters. The number of benzene rings is 1. The Morgan fingerprint density at radius 1 is 1.33 bits per heavy atom. The number of hydrogen-bond donors (Lipinski definition) is 1. The highest BCUT2D eigenvalue weighted by atomic mass is 16.3. The fourth-order valence-electron chi connectivity index (χ4n) is 1.37. The second-order valence-electron chi connectivity index (χ2n) is 3.24. The molecule has 0 amide bonds. The summed E-state index contributed by atoms with van der Waals surface area (Å²) in [4.78, 5) is 11.6. The Labute approximate surface area is 85.4 Å². The highest BCUT2D eigenvalue weighted by Crippen LogP contribution is 2.22. The molecule has 0 aliphatic carbocycles. The van der Waals surface area contributed by atoms with Crippen molar-refractivity contribution in [2.24, 2.45) is 7.05 Å². The maximum atomic E-state index is 11.6. The van der Waals surface area contributed by atoms with Gasteiger partial charge in [-0.1, -0.05) is 12.1 Å². The summed E-state index contributed by atoms with van der Waals surface area (Å²) in [5.74, 6) is 0.0117. The van der Waals surface area contributed by atoms with Gasteiger partial charge < -0.3 is 5.11 Å². The van der Waals surface area contributed by atoms with Gasteiger partial charge in [-0.3, -0.25) is 0 Å². The third-order valence-electron chi connectivity index (χ3n) is 2.15. The smallest absolute Gasteiger partial charge is 0.368 e. The Bertz CT molecular complexity index is 535. The summed E-state index contributed by atoms with van der Waals surface area (Å²) in [7, 11) is 1.50. The first-order valence-electron chi connectivity index (χ1n) is 4.39. The Morgan fingerprint density at radius 3 is 2.60 bits per heavy atom. The van der Waals surface area contributed by atoms with Gasteiger partial charge in [0, 0.05) is 7.05 Å². The molecule has 0 radical (unpaired) electrons. The molecular formula is C9H10N4O2. The Balaban J connectivity index is 2.75. The third kappa shape index (κ3) is 1.39. The Hall–Kier alpha value is -2.11. The average Bonchev–Trinajstić information content (AvgIpc) is 2.49. The minimum absolute atomic E-state index is 0.0117. The summed E-state index contributed by atoms with van der Waals surface area (Å²) >= 11 is 0. The van der Waals surface area contributed by atoms with E-state index in [0.29, 0.717) is 5.69 Å². The van der Waals surface area contributed by atoms with Gasteiger partial charge in [0.05, 0.1) is 0 Å². The van der Waals surface area contributed by atoms with Crippen molar-refractivity contribution < 1.29 is 5.11 Å². The van der Waals surface area contributed by atoms with E-state index in [4.69, 9.17) is 0 Å². The summed E-state index contributed by atoms with van der Waals surface area (Å²) < 4.78 is 2.18. The van der Waals surface area contributed by atoms with Crippen LogP contribution in [0.2, 0.25) is 0 Å². The molecule has 2 rings (SSSR count). The van der Waals surface area contributed by atoms with Gasteiger partial charge in [-0.05, 0) is 29.0 Å². The quantitative estimate of drug-likeness (QED) is 0.711. The van der Waals surface area contributed by atoms with Crippen molar-refractivity contribution in [3.8, 4) is 11.4 Å². The van der Waals surface area contributed by atoms with Crippen molar-refractivity contribution in [3.05, 3.63) is 34.2 Å². The lowest BCUT2D eigenvalue weighted by Gasteiger charge is -2.04. The van der Waals surface area contributed by atoms with Crippen molar-refractivity contribution in [3.63, 3.8) is 0 Å². The predicted molar refractivity (Wildman–Crippen MR) is 53.0 cm³/mol. The minimum Gasteiger partial charge on any atom is -0.506 e. The molecule has 0 bridgehead atoms. The molecule has 78 valence electrons. The standard InChI is InChI=1S/C9H10N4O2/c1-6-4-3-5-7(14)8(6)13-9(15)12(2)10-11-13/h3-5,14H,1-2H3. The average molecular weight is 206 g/mol. The summed E-state index contributed by atoms with van der Waals surface area (Å²) in [5.41, 5.74) is 0.743. The van der Waals surface area contributed by atoms with Gasteiger partial charge >= 0.3 is 5.69 Å². The van der Waals surface area contributed by atoms with E-state index in [1.807, 2.05) is 0 Å². The number of tetrazole rings is 1. The Kier molecular flexibility index (Phi) is 2.03. The molecule has 2 aromatic rings. The number of aryl methyl sites for hydroxylation is 2. The SMILES string of the molecule is Cc1cccc(O)c1-n1nnn(C)c1=O. The molecule has 0 saturated heterocycles. The van der Waals surface area contributed by atoms with E-state index in [-0.39, 0.29) is 11.4 Å². The number of phenols is 1. The van der Waals surface area contributed by atoms with Crippen LogP contribution >= 0.6 is 0 Å². The third-order valence-corrected chi connectivity index (χ3v) is 2.15. The van der Waals surface area contributed by atoms with Crippen LogP contribution in [0.4, 0.5) is 0 Å². The van der Waals surface area contributed by atoms with Crippen LogP contribution < -0.4 is 5.69 Å². The molecule has 1 aromatic heterocycles. The van der Waals surface area contributed by atoms with Crippen molar-refractivity contribution in [1.82, 2.24) is 19.8 Å². The number of hydrogen-bond acceptors (Lipinski definition) is 4. The number of rotatable bonds is 1. The van der Waals surface area contributed by atoms with Gasteiger partial charge in [0.25, 0.3) is 0 Å². The van der Waals surface area contributed by atoms with Crippen LogP contribution in [-0.4, -0.2) is 24.9 Å². The number of nitrogens with zero attached hydrogens (tertiary/aromatic N) is 4. The first kappa shape index (κ1) is 9.45. The molecule has 0 aliphatic heterocycles.